The molecule has 1 fully saturated rings. The number of methoxy groups -OCH3 is 2. The van der Waals surface area contributed by atoms with Crippen molar-refractivity contribution in [2.24, 2.45) is 0 Å². The van der Waals surface area contributed by atoms with Gasteiger partial charge < -0.3 is 30.3 Å². The molecule has 2 aromatic carbocycles. The molecule has 162 valence electrons. The van der Waals surface area contributed by atoms with E-state index in [4.69, 9.17) is 15.2 Å². The fourth-order valence-electron chi connectivity index (χ4n) is 3.64. The summed E-state index contributed by atoms with van der Waals surface area (Å²) in [6.07, 6.45) is 0. The van der Waals surface area contributed by atoms with Crippen molar-refractivity contribution in [1.29, 1.82) is 0 Å². The number of carbonyl (C=O) groups excluding carboxylic acids is 1. The molecule has 3 N–H and O–H groups in total. The zero-order valence-electron chi connectivity index (χ0n) is 17.9. The van der Waals surface area contributed by atoms with E-state index in [1.54, 1.807) is 31.3 Å². The number of ether oxygens (including phenoxy) is 2. The Morgan fingerprint density at radius 3 is 2.42 bits per heavy atom. The van der Waals surface area contributed by atoms with Crippen molar-refractivity contribution in [2.75, 3.05) is 56.3 Å². The standard InChI is InChI=1S/C22H26N6O3/c1-14-5-4-6-15(11-14)24-22(29)28-9-7-27(8-10-28)21-25-17-13-19(31-3)18(30-2)12-16(17)20(23)26-21/h4-6,11-13H,7-10H2,1-3H3,(H,24,29)(H2,23,25,26). The van der Waals surface area contributed by atoms with Crippen LogP contribution in [-0.4, -0.2) is 61.3 Å². The van der Waals surface area contributed by atoms with Crippen LogP contribution < -0.4 is 25.4 Å². The largest absolute Gasteiger partial charge is 0.493 e. The first-order valence-corrected chi connectivity index (χ1v) is 10.1. The van der Waals surface area contributed by atoms with Crippen molar-refractivity contribution in [3.63, 3.8) is 0 Å². The average molecular weight is 422 g/mol. The summed E-state index contributed by atoms with van der Waals surface area (Å²) in [4.78, 5) is 25.6. The first kappa shape index (κ1) is 20.5. The number of hydrogen-bond acceptors (Lipinski definition) is 7. The predicted octanol–water partition coefficient (Wildman–Crippen LogP) is 2.89. The molecule has 0 unspecified atom stereocenters. The highest BCUT2D eigenvalue weighted by molar-refractivity contribution is 5.92. The van der Waals surface area contributed by atoms with E-state index >= 15 is 0 Å². The van der Waals surface area contributed by atoms with E-state index in [-0.39, 0.29) is 6.03 Å². The highest BCUT2D eigenvalue weighted by Gasteiger charge is 2.24. The maximum atomic E-state index is 12.6. The van der Waals surface area contributed by atoms with Gasteiger partial charge in [-0.25, -0.2) is 9.78 Å². The highest BCUT2D eigenvalue weighted by Crippen LogP contribution is 2.34. The molecule has 1 aromatic heterocycles. The molecule has 0 saturated carbocycles. The minimum absolute atomic E-state index is 0.110. The zero-order chi connectivity index (χ0) is 22.0. The van der Waals surface area contributed by atoms with E-state index in [0.29, 0.717) is 60.3 Å². The number of benzene rings is 2. The van der Waals surface area contributed by atoms with E-state index in [2.05, 4.69) is 15.3 Å². The smallest absolute Gasteiger partial charge is 0.321 e. The third-order valence-corrected chi connectivity index (χ3v) is 5.34. The van der Waals surface area contributed by atoms with Gasteiger partial charge in [-0.15, -0.1) is 0 Å². The van der Waals surface area contributed by atoms with Gasteiger partial charge in [-0.05, 0) is 30.7 Å². The SMILES string of the molecule is COc1cc2nc(N3CCN(C(=O)Nc4cccc(C)c4)CC3)nc(N)c2cc1OC. The number of amides is 2. The van der Waals surface area contributed by atoms with Crippen LogP contribution in [0.2, 0.25) is 0 Å². The average Bonchev–Trinajstić information content (AvgIpc) is 2.78. The Kier molecular flexibility index (Phi) is 5.66. The van der Waals surface area contributed by atoms with Gasteiger partial charge in [0.15, 0.2) is 11.5 Å². The Bertz CT molecular complexity index is 1110. The fraction of sp³-hybridized carbons (Fsp3) is 0.318. The molecule has 0 atom stereocenters. The maximum Gasteiger partial charge on any atom is 0.321 e. The number of nitrogens with one attached hydrogen (secondary N) is 1. The number of anilines is 3. The van der Waals surface area contributed by atoms with Crippen LogP contribution >= 0.6 is 0 Å². The van der Waals surface area contributed by atoms with Gasteiger partial charge in [0.1, 0.15) is 5.82 Å². The molecule has 0 spiro atoms. The number of aromatic nitrogens is 2. The van der Waals surface area contributed by atoms with Gasteiger partial charge in [0.05, 0.1) is 19.7 Å². The monoisotopic (exact) mass is 422 g/mol. The minimum atomic E-state index is -0.110. The van der Waals surface area contributed by atoms with Crippen LogP contribution in [0.3, 0.4) is 0 Å². The van der Waals surface area contributed by atoms with Crippen LogP contribution in [-0.2, 0) is 0 Å². The van der Waals surface area contributed by atoms with Gasteiger partial charge in [0.25, 0.3) is 0 Å². The van der Waals surface area contributed by atoms with E-state index in [0.717, 1.165) is 11.3 Å². The van der Waals surface area contributed by atoms with Gasteiger partial charge in [-0.2, -0.15) is 4.98 Å². The van der Waals surface area contributed by atoms with E-state index in [1.807, 2.05) is 36.1 Å². The first-order valence-electron chi connectivity index (χ1n) is 10.1. The van der Waals surface area contributed by atoms with Crippen LogP contribution in [0.5, 0.6) is 11.5 Å². The Morgan fingerprint density at radius 1 is 1.03 bits per heavy atom. The Balaban J connectivity index is 1.47. The molecular weight excluding hydrogens is 396 g/mol. The second-order valence-corrected chi connectivity index (χ2v) is 7.41. The van der Waals surface area contributed by atoms with Crippen LogP contribution in [0, 0.1) is 6.92 Å². The number of urea groups is 1. The van der Waals surface area contributed by atoms with Gasteiger partial charge in [0.2, 0.25) is 5.95 Å². The number of fused-ring (bicyclic) bond motifs is 1. The lowest BCUT2D eigenvalue weighted by atomic mass is 10.2. The summed E-state index contributed by atoms with van der Waals surface area (Å²) in [6, 6.07) is 11.2. The first-order chi connectivity index (χ1) is 15.0. The molecule has 1 saturated heterocycles. The topological polar surface area (TPSA) is 106 Å². The summed E-state index contributed by atoms with van der Waals surface area (Å²) in [5.74, 6) is 2.07. The summed E-state index contributed by atoms with van der Waals surface area (Å²) >= 11 is 0. The number of nitrogens with two attached hydrogens (primary N) is 1. The molecular formula is C22H26N6O3. The quantitative estimate of drug-likeness (QED) is 0.666. The van der Waals surface area contributed by atoms with Crippen LogP contribution in [0.4, 0.5) is 22.2 Å². The Labute approximate surface area is 180 Å². The van der Waals surface area contributed by atoms with Crippen molar-refractivity contribution in [3.05, 3.63) is 42.0 Å². The fourth-order valence-corrected chi connectivity index (χ4v) is 3.64. The van der Waals surface area contributed by atoms with E-state index < -0.39 is 0 Å². The number of rotatable bonds is 4. The number of nitrogen functional groups attached to an aromatic ring is 1. The van der Waals surface area contributed by atoms with E-state index in [9.17, 15) is 4.79 Å². The number of nitrogens with zero attached hydrogens (tertiary/aromatic N) is 4. The van der Waals surface area contributed by atoms with Crippen molar-refractivity contribution in [2.45, 2.75) is 6.92 Å². The third-order valence-electron chi connectivity index (χ3n) is 5.34. The second-order valence-electron chi connectivity index (χ2n) is 7.41. The molecule has 9 nitrogen and oxygen atoms in total. The summed E-state index contributed by atoms with van der Waals surface area (Å²) in [5, 5.41) is 3.66. The molecule has 2 amide bonds. The summed E-state index contributed by atoms with van der Waals surface area (Å²) in [7, 11) is 3.15. The molecule has 1 aliphatic heterocycles. The lowest BCUT2D eigenvalue weighted by Crippen LogP contribution is -2.50. The molecule has 3 aromatic rings. The molecule has 0 aliphatic carbocycles. The number of aryl methyl sites for hydroxylation is 1. The molecule has 4 rings (SSSR count). The Hall–Kier alpha value is -3.75. The molecule has 9 heteroatoms. The molecule has 2 heterocycles. The van der Waals surface area contributed by atoms with Crippen molar-refractivity contribution in [1.82, 2.24) is 14.9 Å². The number of piperazine rings is 1. The van der Waals surface area contributed by atoms with Crippen LogP contribution in [0.25, 0.3) is 10.9 Å². The lowest BCUT2D eigenvalue weighted by molar-refractivity contribution is 0.208. The lowest BCUT2D eigenvalue weighted by Gasteiger charge is -2.34. The summed E-state index contributed by atoms with van der Waals surface area (Å²) in [5.41, 5.74) is 8.78. The van der Waals surface area contributed by atoms with Crippen LogP contribution in [0.15, 0.2) is 36.4 Å². The van der Waals surface area contributed by atoms with Crippen molar-refractivity contribution < 1.29 is 14.3 Å². The predicted molar refractivity (Wildman–Crippen MR) is 121 cm³/mol. The second kappa shape index (κ2) is 8.55. The third kappa shape index (κ3) is 4.25. The zero-order valence-corrected chi connectivity index (χ0v) is 17.9. The van der Waals surface area contributed by atoms with E-state index in [1.165, 1.54) is 0 Å². The molecule has 1 aliphatic rings. The van der Waals surface area contributed by atoms with Crippen molar-refractivity contribution >= 4 is 34.4 Å². The summed E-state index contributed by atoms with van der Waals surface area (Å²) in [6.45, 7) is 4.34. The minimum Gasteiger partial charge on any atom is -0.493 e. The molecule has 0 bridgehead atoms. The maximum absolute atomic E-state index is 12.6. The number of hydrogen-bond donors (Lipinski definition) is 2. The Morgan fingerprint density at radius 2 is 1.74 bits per heavy atom. The van der Waals surface area contributed by atoms with Gasteiger partial charge in [-0.3, -0.25) is 0 Å². The van der Waals surface area contributed by atoms with Gasteiger partial charge in [-0.1, -0.05) is 12.1 Å². The summed E-state index contributed by atoms with van der Waals surface area (Å²) < 4.78 is 10.7. The van der Waals surface area contributed by atoms with Crippen LogP contribution in [0.1, 0.15) is 5.56 Å². The van der Waals surface area contributed by atoms with Crippen molar-refractivity contribution in [3.8, 4) is 11.5 Å². The number of carbonyl (C=O) groups is 1. The van der Waals surface area contributed by atoms with Gasteiger partial charge >= 0.3 is 6.03 Å². The highest BCUT2D eigenvalue weighted by atomic mass is 16.5. The normalized spacial score (nSPS) is 13.9. The van der Waals surface area contributed by atoms with Gasteiger partial charge in [0, 0.05) is 43.3 Å². The molecule has 31 heavy (non-hydrogen) atoms. The molecule has 0 radical (unpaired) electrons.